The maximum absolute atomic E-state index is 11.5. The Morgan fingerprint density at radius 3 is 2.62 bits per heavy atom. The molecule has 0 unspecified atom stereocenters. The monoisotopic (exact) mass is 240 g/mol. The molecule has 0 aliphatic rings. The first-order valence-electron chi connectivity index (χ1n) is 5.39. The van der Waals surface area contributed by atoms with E-state index in [2.05, 4.69) is 0 Å². The van der Waals surface area contributed by atoms with Gasteiger partial charge in [0.2, 0.25) is 5.91 Å². The lowest BCUT2D eigenvalue weighted by Gasteiger charge is -2.22. The van der Waals surface area contributed by atoms with Crippen LogP contribution in [0.5, 0.6) is 0 Å². The summed E-state index contributed by atoms with van der Waals surface area (Å²) in [6.07, 6.45) is 1.80. The molecule has 1 amide bonds. The fraction of sp³-hybridized carbons (Fsp3) is 0.417. The van der Waals surface area contributed by atoms with Gasteiger partial charge in [-0.3, -0.25) is 4.79 Å². The number of para-hydroxylation sites is 1. The van der Waals surface area contributed by atoms with Crippen molar-refractivity contribution in [3.8, 4) is 0 Å². The summed E-state index contributed by atoms with van der Waals surface area (Å²) in [6.45, 7) is 2.86. The van der Waals surface area contributed by atoms with Crippen LogP contribution in [0, 0.1) is 0 Å². The highest BCUT2D eigenvalue weighted by Gasteiger charge is 2.13. The molecule has 4 heteroatoms. The van der Waals surface area contributed by atoms with E-state index in [1.807, 2.05) is 18.2 Å². The summed E-state index contributed by atoms with van der Waals surface area (Å²) in [5.74, 6) is 0.00474. The van der Waals surface area contributed by atoms with Crippen LogP contribution in [0.1, 0.15) is 19.8 Å². The van der Waals surface area contributed by atoms with E-state index in [1.54, 1.807) is 17.9 Å². The molecule has 0 aliphatic heterocycles. The lowest BCUT2D eigenvalue weighted by atomic mass is 10.2. The third-order valence-electron chi connectivity index (χ3n) is 2.36. The molecule has 0 bridgehead atoms. The smallest absolute Gasteiger partial charge is 0.223 e. The lowest BCUT2D eigenvalue weighted by Crippen LogP contribution is -2.30. The number of unbranched alkanes of at least 4 members (excludes halogenated alkanes) is 1. The first kappa shape index (κ1) is 13.0. The minimum atomic E-state index is 0.00474. The number of anilines is 1. The summed E-state index contributed by atoms with van der Waals surface area (Å²) in [5.41, 5.74) is 6.20. The number of carbonyl (C=O) groups excluding carboxylic acids is 1. The van der Waals surface area contributed by atoms with Crippen molar-refractivity contribution in [2.75, 3.05) is 18.0 Å². The van der Waals surface area contributed by atoms with Gasteiger partial charge in [-0.15, -0.1) is 0 Å². The van der Waals surface area contributed by atoms with E-state index >= 15 is 0 Å². The Bertz CT molecular complexity index is 355. The minimum absolute atomic E-state index is 0.00474. The highest BCUT2D eigenvalue weighted by Crippen LogP contribution is 2.25. The predicted molar refractivity (Wildman–Crippen MR) is 67.8 cm³/mol. The second-order valence-corrected chi connectivity index (χ2v) is 4.03. The lowest BCUT2D eigenvalue weighted by molar-refractivity contribution is -0.116. The molecule has 0 spiro atoms. The highest BCUT2D eigenvalue weighted by atomic mass is 35.5. The van der Waals surface area contributed by atoms with Gasteiger partial charge < -0.3 is 10.6 Å². The Morgan fingerprint density at radius 1 is 1.38 bits per heavy atom. The van der Waals surface area contributed by atoms with Crippen molar-refractivity contribution in [1.82, 2.24) is 0 Å². The molecule has 0 heterocycles. The van der Waals surface area contributed by atoms with Gasteiger partial charge in [0.25, 0.3) is 0 Å². The van der Waals surface area contributed by atoms with Crippen molar-refractivity contribution in [3.05, 3.63) is 29.3 Å². The van der Waals surface area contributed by atoms with Gasteiger partial charge in [-0.2, -0.15) is 0 Å². The molecule has 0 fully saturated rings. The normalized spacial score (nSPS) is 10.2. The molecular weight excluding hydrogens is 224 g/mol. The molecule has 0 aliphatic carbocycles. The zero-order valence-electron chi connectivity index (χ0n) is 9.45. The number of hydrogen-bond acceptors (Lipinski definition) is 2. The molecule has 1 aromatic carbocycles. The summed E-state index contributed by atoms with van der Waals surface area (Å²) in [6, 6.07) is 7.37. The van der Waals surface area contributed by atoms with Gasteiger partial charge in [-0.25, -0.2) is 0 Å². The maximum Gasteiger partial charge on any atom is 0.223 e. The third-order valence-corrected chi connectivity index (χ3v) is 2.68. The topological polar surface area (TPSA) is 46.3 Å². The number of amides is 1. The first-order valence-corrected chi connectivity index (χ1v) is 5.77. The van der Waals surface area contributed by atoms with Gasteiger partial charge in [-0.05, 0) is 31.5 Å². The van der Waals surface area contributed by atoms with Gasteiger partial charge in [0.1, 0.15) is 0 Å². The highest BCUT2D eigenvalue weighted by molar-refractivity contribution is 6.33. The molecule has 1 aromatic rings. The third kappa shape index (κ3) is 3.51. The van der Waals surface area contributed by atoms with E-state index in [4.69, 9.17) is 17.3 Å². The van der Waals surface area contributed by atoms with E-state index in [9.17, 15) is 4.79 Å². The van der Waals surface area contributed by atoms with Crippen molar-refractivity contribution >= 4 is 23.2 Å². The molecule has 88 valence electrons. The van der Waals surface area contributed by atoms with Gasteiger partial charge >= 0.3 is 0 Å². The van der Waals surface area contributed by atoms with Gasteiger partial charge in [0, 0.05) is 13.5 Å². The fourth-order valence-corrected chi connectivity index (χ4v) is 1.77. The number of nitrogens with two attached hydrogens (primary N) is 1. The molecule has 2 N–H and O–H groups in total. The van der Waals surface area contributed by atoms with Crippen molar-refractivity contribution in [3.63, 3.8) is 0 Å². The molecule has 1 rings (SSSR count). The fourth-order valence-electron chi connectivity index (χ4n) is 1.53. The van der Waals surface area contributed by atoms with E-state index in [0.29, 0.717) is 18.1 Å². The van der Waals surface area contributed by atoms with Crippen LogP contribution in [-0.4, -0.2) is 19.0 Å². The van der Waals surface area contributed by atoms with Crippen LogP contribution in [-0.2, 0) is 4.79 Å². The second-order valence-electron chi connectivity index (χ2n) is 3.62. The summed E-state index contributed by atoms with van der Waals surface area (Å²) >= 11 is 6.06. The molecular formula is C12H17ClN2O. The van der Waals surface area contributed by atoms with Crippen LogP contribution in [0.2, 0.25) is 5.02 Å². The average molecular weight is 241 g/mol. The number of carbonyl (C=O) groups is 1. The van der Waals surface area contributed by atoms with Crippen molar-refractivity contribution in [1.29, 1.82) is 0 Å². The van der Waals surface area contributed by atoms with Crippen molar-refractivity contribution in [2.24, 2.45) is 5.73 Å². The Kier molecular flexibility index (Phi) is 5.29. The quantitative estimate of drug-likeness (QED) is 0.804. The van der Waals surface area contributed by atoms with E-state index < -0.39 is 0 Å². The predicted octanol–water partition coefficient (Wildman–Crippen LogP) is 2.43. The zero-order chi connectivity index (χ0) is 12.0. The Balaban J connectivity index is 2.78. The molecule has 3 nitrogen and oxygen atoms in total. The van der Waals surface area contributed by atoms with E-state index in [1.165, 1.54) is 0 Å². The first-order chi connectivity index (χ1) is 7.66. The van der Waals surface area contributed by atoms with Crippen molar-refractivity contribution in [2.45, 2.75) is 19.8 Å². The van der Waals surface area contributed by atoms with Crippen LogP contribution in [0.25, 0.3) is 0 Å². The molecule has 0 atom stereocenters. The summed E-state index contributed by atoms with van der Waals surface area (Å²) in [7, 11) is 0. The molecule has 0 radical (unpaired) electrons. The number of rotatable bonds is 5. The second kappa shape index (κ2) is 6.51. The number of nitrogens with zero attached hydrogens (tertiary/aromatic N) is 1. The van der Waals surface area contributed by atoms with Gasteiger partial charge in [0.05, 0.1) is 10.7 Å². The van der Waals surface area contributed by atoms with E-state index in [-0.39, 0.29) is 5.91 Å². The molecule has 16 heavy (non-hydrogen) atoms. The van der Waals surface area contributed by atoms with Crippen LogP contribution < -0.4 is 10.6 Å². The Hall–Kier alpha value is -1.06. The van der Waals surface area contributed by atoms with Crippen LogP contribution in [0.3, 0.4) is 0 Å². The summed E-state index contributed by atoms with van der Waals surface area (Å²) in [5, 5.41) is 0.602. The van der Waals surface area contributed by atoms with Gasteiger partial charge in [-0.1, -0.05) is 23.7 Å². The molecule has 0 saturated carbocycles. The molecule has 0 aromatic heterocycles. The van der Waals surface area contributed by atoms with Crippen LogP contribution >= 0.6 is 11.6 Å². The Morgan fingerprint density at radius 2 is 2.06 bits per heavy atom. The Labute approximate surface area is 101 Å². The zero-order valence-corrected chi connectivity index (χ0v) is 10.2. The largest absolute Gasteiger partial charge is 0.330 e. The maximum atomic E-state index is 11.5. The van der Waals surface area contributed by atoms with E-state index in [0.717, 1.165) is 18.5 Å². The number of benzene rings is 1. The van der Waals surface area contributed by atoms with Gasteiger partial charge in [0.15, 0.2) is 0 Å². The SMILES string of the molecule is CC(=O)N(CCCCN)c1ccccc1Cl. The standard InChI is InChI=1S/C12H17ClN2O/c1-10(16)15(9-5-4-8-14)12-7-3-2-6-11(12)13/h2-3,6-7H,4-5,8-9,14H2,1H3. The summed E-state index contributed by atoms with van der Waals surface area (Å²) < 4.78 is 0. The molecule has 0 saturated heterocycles. The van der Waals surface area contributed by atoms with Crippen molar-refractivity contribution < 1.29 is 4.79 Å². The van der Waals surface area contributed by atoms with Crippen LogP contribution in [0.4, 0.5) is 5.69 Å². The number of hydrogen-bond donors (Lipinski definition) is 1. The minimum Gasteiger partial charge on any atom is -0.330 e. The van der Waals surface area contributed by atoms with Crippen LogP contribution in [0.15, 0.2) is 24.3 Å². The average Bonchev–Trinajstić information content (AvgIpc) is 2.25. The summed E-state index contributed by atoms with van der Waals surface area (Å²) in [4.78, 5) is 13.2. The number of halogens is 1.